The van der Waals surface area contributed by atoms with Crippen molar-refractivity contribution in [2.75, 3.05) is 31.6 Å². The van der Waals surface area contributed by atoms with Gasteiger partial charge >= 0.3 is 0 Å². The lowest BCUT2D eigenvalue weighted by Gasteiger charge is -2.31. The minimum Gasteiger partial charge on any atom is -0.378 e. The summed E-state index contributed by atoms with van der Waals surface area (Å²) in [6.45, 7) is 6.72. The van der Waals surface area contributed by atoms with Gasteiger partial charge in [0.1, 0.15) is 5.65 Å². The van der Waals surface area contributed by atoms with Crippen LogP contribution in [-0.4, -0.2) is 51.8 Å². The molecule has 0 radical (unpaired) electrons. The van der Waals surface area contributed by atoms with Crippen LogP contribution >= 0.6 is 0 Å². The number of likely N-dealkylation sites (tertiary alicyclic amines) is 1. The van der Waals surface area contributed by atoms with Gasteiger partial charge in [0.15, 0.2) is 0 Å². The number of pyridine rings is 1. The summed E-state index contributed by atoms with van der Waals surface area (Å²) in [6, 6.07) is 6.64. The molecule has 1 N–H and O–H groups in total. The van der Waals surface area contributed by atoms with Crippen LogP contribution in [0, 0.1) is 5.92 Å². The molecule has 0 atom stereocenters. The highest BCUT2D eigenvalue weighted by Gasteiger charge is 2.24. The van der Waals surface area contributed by atoms with Gasteiger partial charge in [-0.2, -0.15) is 4.98 Å². The molecule has 1 aromatic carbocycles. The number of nitrogens with one attached hydrogen (secondary N) is 1. The van der Waals surface area contributed by atoms with Crippen LogP contribution in [0.2, 0.25) is 0 Å². The maximum absolute atomic E-state index is 14.0. The molecule has 3 fully saturated rings. The van der Waals surface area contributed by atoms with E-state index in [2.05, 4.69) is 40.3 Å². The van der Waals surface area contributed by atoms with Gasteiger partial charge in [0, 0.05) is 55.8 Å². The average molecular weight is 490 g/mol. The second kappa shape index (κ2) is 10.5. The maximum Gasteiger partial charge on any atom is 0.260 e. The second-order valence-electron chi connectivity index (χ2n) is 11.0. The third kappa shape index (κ3) is 5.00. The number of fused-ring (bicyclic) bond motifs is 3. The number of ether oxygens (including phenoxy) is 1. The quantitative estimate of drug-likeness (QED) is 0.435. The summed E-state index contributed by atoms with van der Waals surface area (Å²) in [7, 11) is 0. The summed E-state index contributed by atoms with van der Waals surface area (Å²) in [5.41, 5.74) is 2.10. The topological polar surface area (TPSA) is 72.3 Å². The second-order valence-corrected chi connectivity index (χ2v) is 11.0. The fourth-order valence-electron chi connectivity index (χ4n) is 6.12. The Morgan fingerprint density at radius 3 is 2.56 bits per heavy atom. The van der Waals surface area contributed by atoms with E-state index < -0.39 is 0 Å². The Morgan fingerprint density at radius 2 is 1.81 bits per heavy atom. The predicted octanol–water partition coefficient (Wildman–Crippen LogP) is 5.27. The molecule has 2 aliphatic carbocycles. The molecule has 192 valence electrons. The molecular formula is C29H39N5O2. The molecular weight excluding hydrogens is 450 g/mol. The Kier molecular flexibility index (Phi) is 6.94. The molecule has 3 heterocycles. The monoisotopic (exact) mass is 489 g/mol. The third-order valence-electron chi connectivity index (χ3n) is 8.35. The predicted molar refractivity (Wildman–Crippen MR) is 145 cm³/mol. The number of anilines is 1. The number of rotatable bonds is 8. The Hall–Kier alpha value is -2.51. The normalized spacial score (nSPS) is 20.4. The van der Waals surface area contributed by atoms with Crippen molar-refractivity contribution in [3.8, 4) is 0 Å². The molecule has 2 saturated carbocycles. The highest BCUT2D eigenvalue weighted by molar-refractivity contribution is 6.04. The van der Waals surface area contributed by atoms with Crippen LogP contribution in [0.25, 0.3) is 21.8 Å². The van der Waals surface area contributed by atoms with Crippen LogP contribution in [0.4, 0.5) is 5.95 Å². The van der Waals surface area contributed by atoms with Crippen LogP contribution in [-0.2, 0) is 11.3 Å². The highest BCUT2D eigenvalue weighted by Crippen LogP contribution is 2.33. The first kappa shape index (κ1) is 23.9. The van der Waals surface area contributed by atoms with E-state index >= 15 is 0 Å². The van der Waals surface area contributed by atoms with E-state index in [0.717, 1.165) is 86.2 Å². The summed E-state index contributed by atoms with van der Waals surface area (Å²) in [6.07, 6.45) is 12.7. The van der Waals surface area contributed by atoms with Crippen molar-refractivity contribution in [1.29, 1.82) is 0 Å². The molecule has 6 rings (SSSR count). The van der Waals surface area contributed by atoms with Crippen molar-refractivity contribution in [1.82, 2.24) is 19.4 Å². The summed E-state index contributed by atoms with van der Waals surface area (Å²) < 4.78 is 7.83. The van der Waals surface area contributed by atoms with Gasteiger partial charge in [-0.05, 0) is 68.4 Å². The molecule has 1 aliphatic heterocycles. The zero-order valence-corrected chi connectivity index (χ0v) is 21.5. The van der Waals surface area contributed by atoms with Crippen LogP contribution in [0.15, 0.2) is 29.2 Å². The van der Waals surface area contributed by atoms with E-state index in [1.807, 2.05) is 10.8 Å². The van der Waals surface area contributed by atoms with Crippen LogP contribution in [0.1, 0.15) is 76.3 Å². The first-order chi connectivity index (χ1) is 17.7. The van der Waals surface area contributed by atoms with Gasteiger partial charge in [0.25, 0.3) is 5.56 Å². The van der Waals surface area contributed by atoms with Crippen LogP contribution < -0.4 is 10.9 Å². The van der Waals surface area contributed by atoms with E-state index in [0.29, 0.717) is 12.1 Å². The van der Waals surface area contributed by atoms with Gasteiger partial charge in [-0.15, -0.1) is 0 Å². The molecule has 2 aromatic heterocycles. The lowest BCUT2D eigenvalue weighted by atomic mass is 9.94. The Balaban J connectivity index is 1.35. The van der Waals surface area contributed by atoms with Crippen molar-refractivity contribution in [2.45, 2.75) is 83.4 Å². The first-order valence-corrected chi connectivity index (χ1v) is 14.1. The lowest BCUT2D eigenvalue weighted by molar-refractivity contribution is 0.0125. The van der Waals surface area contributed by atoms with Crippen LogP contribution in [0.3, 0.4) is 0 Å². The number of benzene rings is 1. The molecule has 0 spiro atoms. The van der Waals surface area contributed by atoms with Gasteiger partial charge in [-0.25, -0.2) is 4.98 Å². The van der Waals surface area contributed by atoms with Gasteiger partial charge < -0.3 is 10.1 Å². The molecule has 7 nitrogen and oxygen atoms in total. The van der Waals surface area contributed by atoms with Crippen molar-refractivity contribution < 1.29 is 4.74 Å². The van der Waals surface area contributed by atoms with Gasteiger partial charge in [0.05, 0.1) is 6.10 Å². The summed E-state index contributed by atoms with van der Waals surface area (Å²) in [5, 5.41) is 6.16. The van der Waals surface area contributed by atoms with Crippen molar-refractivity contribution in [2.24, 2.45) is 5.92 Å². The van der Waals surface area contributed by atoms with Crippen LogP contribution in [0.5, 0.6) is 0 Å². The average Bonchev–Trinajstić information content (AvgIpc) is 3.74. The number of piperidine rings is 1. The van der Waals surface area contributed by atoms with E-state index in [1.165, 1.54) is 37.7 Å². The number of hydrogen-bond donors (Lipinski definition) is 1. The molecule has 3 aromatic rings. The largest absolute Gasteiger partial charge is 0.378 e. The van der Waals surface area contributed by atoms with E-state index in [4.69, 9.17) is 9.72 Å². The van der Waals surface area contributed by atoms with Gasteiger partial charge in [-0.3, -0.25) is 14.3 Å². The molecule has 7 heteroatoms. The maximum atomic E-state index is 14.0. The molecule has 3 aliphatic rings. The molecule has 0 unspecified atom stereocenters. The summed E-state index contributed by atoms with van der Waals surface area (Å²) in [5.74, 6) is 1.38. The third-order valence-corrected chi connectivity index (χ3v) is 8.35. The SMILES string of the molecule is CCOC1CCN(Cc2ccc3c(c2)c(=O)n(C2CCCCC2)c2nc(NCC4CC4)ncc32)CC1. The van der Waals surface area contributed by atoms with E-state index in [9.17, 15) is 4.79 Å². The van der Waals surface area contributed by atoms with Gasteiger partial charge in [-0.1, -0.05) is 31.4 Å². The molecule has 36 heavy (non-hydrogen) atoms. The minimum absolute atomic E-state index is 0.105. The zero-order valence-electron chi connectivity index (χ0n) is 21.5. The van der Waals surface area contributed by atoms with Gasteiger partial charge in [0.2, 0.25) is 5.95 Å². The standard InChI is InChI=1S/C29H39N5O2/c1-2-36-23-12-14-33(15-13-23)19-21-10-11-24-25(16-21)28(35)34(22-6-4-3-5-7-22)27-26(24)18-31-29(32-27)30-17-20-8-9-20/h10-11,16,18,20,22-23H,2-9,12-15,17,19H2,1H3,(H,30,31,32). The van der Waals surface area contributed by atoms with E-state index in [-0.39, 0.29) is 11.6 Å². The number of hydrogen-bond acceptors (Lipinski definition) is 6. The summed E-state index contributed by atoms with van der Waals surface area (Å²) >= 11 is 0. The number of nitrogens with zero attached hydrogens (tertiary/aromatic N) is 4. The highest BCUT2D eigenvalue weighted by atomic mass is 16.5. The fourth-order valence-corrected chi connectivity index (χ4v) is 6.12. The van der Waals surface area contributed by atoms with E-state index in [1.54, 1.807) is 0 Å². The zero-order chi connectivity index (χ0) is 24.5. The lowest BCUT2D eigenvalue weighted by Crippen LogP contribution is -2.36. The first-order valence-electron chi connectivity index (χ1n) is 14.1. The minimum atomic E-state index is 0.105. The fraction of sp³-hybridized carbons (Fsp3) is 0.621. The summed E-state index contributed by atoms with van der Waals surface area (Å²) in [4.78, 5) is 26.1. The van der Waals surface area contributed by atoms with Crippen molar-refractivity contribution in [3.05, 3.63) is 40.3 Å². The molecule has 1 saturated heterocycles. The van der Waals surface area contributed by atoms with Crippen molar-refractivity contribution >= 4 is 27.8 Å². The Labute approximate surface area is 213 Å². The molecule has 0 bridgehead atoms. The smallest absolute Gasteiger partial charge is 0.260 e. The number of aromatic nitrogens is 3. The Bertz CT molecular complexity index is 1270. The molecule has 0 amide bonds. The van der Waals surface area contributed by atoms with Crippen molar-refractivity contribution in [3.63, 3.8) is 0 Å². The Morgan fingerprint density at radius 1 is 1.00 bits per heavy atom.